The molecule has 0 saturated carbocycles. The van der Waals surface area contributed by atoms with Gasteiger partial charge in [-0.1, -0.05) is 43.3 Å². The number of hydrogen-bond acceptors (Lipinski definition) is 3. The topological polar surface area (TPSA) is 84.2 Å². The summed E-state index contributed by atoms with van der Waals surface area (Å²) in [5.74, 6) is 0.249. The highest BCUT2D eigenvalue weighted by atomic mass is 32.2. The zero-order chi connectivity index (χ0) is 18.9. The summed E-state index contributed by atoms with van der Waals surface area (Å²) in [4.78, 5) is 24.1. The highest BCUT2D eigenvalue weighted by molar-refractivity contribution is 7.99. The van der Waals surface area contributed by atoms with Gasteiger partial charge < -0.3 is 16.4 Å². The second-order valence-electron chi connectivity index (χ2n) is 5.98. The van der Waals surface area contributed by atoms with Crippen LogP contribution < -0.4 is 16.4 Å². The number of nitrogens with one attached hydrogen (secondary N) is 2. The van der Waals surface area contributed by atoms with Crippen LogP contribution in [-0.4, -0.2) is 17.7 Å². The van der Waals surface area contributed by atoms with Crippen LogP contribution in [0.5, 0.6) is 0 Å². The third-order valence-electron chi connectivity index (χ3n) is 3.98. The number of aryl methyl sites for hydroxylation is 1. The Morgan fingerprint density at radius 3 is 2.46 bits per heavy atom. The maximum absolute atomic E-state index is 12.3. The summed E-state index contributed by atoms with van der Waals surface area (Å²) in [6.07, 6.45) is 1.29. The normalized spacial score (nSPS) is 11.6. The minimum absolute atomic E-state index is 0.101. The fraction of sp³-hybridized carbons (Fsp3) is 0.300. The van der Waals surface area contributed by atoms with E-state index in [1.54, 1.807) is 0 Å². The van der Waals surface area contributed by atoms with Gasteiger partial charge in [0, 0.05) is 17.1 Å². The molecule has 0 saturated heterocycles. The first kappa shape index (κ1) is 19.8. The number of nitrogens with two attached hydrogens (primary N) is 1. The lowest BCUT2D eigenvalue weighted by atomic mass is 10.1. The molecule has 6 heteroatoms. The highest BCUT2D eigenvalue weighted by Gasteiger charge is 2.11. The fourth-order valence-electron chi connectivity index (χ4n) is 2.44. The van der Waals surface area contributed by atoms with Gasteiger partial charge >= 0.3 is 6.03 Å². The van der Waals surface area contributed by atoms with Crippen molar-refractivity contribution in [3.8, 4) is 0 Å². The maximum Gasteiger partial charge on any atom is 0.319 e. The van der Waals surface area contributed by atoms with Crippen molar-refractivity contribution in [1.29, 1.82) is 0 Å². The molecule has 0 heterocycles. The average Bonchev–Trinajstić information content (AvgIpc) is 2.63. The van der Waals surface area contributed by atoms with Gasteiger partial charge in [0.1, 0.15) is 0 Å². The van der Waals surface area contributed by atoms with Crippen LogP contribution in [0, 0.1) is 0 Å². The summed E-state index contributed by atoms with van der Waals surface area (Å²) in [6, 6.07) is 15.4. The van der Waals surface area contributed by atoms with Crippen LogP contribution in [0.4, 0.5) is 10.5 Å². The van der Waals surface area contributed by atoms with Crippen LogP contribution in [0.25, 0.3) is 0 Å². The number of carbonyl (C=O) groups excluding carboxylic acids is 2. The van der Waals surface area contributed by atoms with Gasteiger partial charge in [0.15, 0.2) is 0 Å². The van der Waals surface area contributed by atoms with Gasteiger partial charge in [0.05, 0.1) is 11.7 Å². The molecule has 0 aliphatic heterocycles. The molecule has 0 spiro atoms. The second-order valence-corrected chi connectivity index (χ2v) is 7.11. The van der Waals surface area contributed by atoms with Crippen molar-refractivity contribution in [2.24, 2.45) is 5.73 Å². The van der Waals surface area contributed by atoms with Crippen LogP contribution in [-0.2, 0) is 11.2 Å². The van der Waals surface area contributed by atoms with Gasteiger partial charge in [-0.15, -0.1) is 11.8 Å². The van der Waals surface area contributed by atoms with Crippen molar-refractivity contribution in [2.45, 2.75) is 37.6 Å². The molecule has 1 atom stereocenters. The molecule has 0 fully saturated rings. The monoisotopic (exact) mass is 371 g/mol. The molecule has 2 aromatic carbocycles. The number of thioether (sulfide) groups is 1. The van der Waals surface area contributed by atoms with E-state index < -0.39 is 0 Å². The van der Waals surface area contributed by atoms with Gasteiger partial charge in [-0.25, -0.2) is 4.79 Å². The van der Waals surface area contributed by atoms with Crippen molar-refractivity contribution >= 4 is 29.4 Å². The van der Waals surface area contributed by atoms with Crippen LogP contribution in [0.15, 0.2) is 53.4 Å². The van der Waals surface area contributed by atoms with Crippen molar-refractivity contribution in [3.05, 3.63) is 59.7 Å². The first-order chi connectivity index (χ1) is 12.5. The Hall–Kier alpha value is -2.47. The van der Waals surface area contributed by atoms with E-state index in [0.717, 1.165) is 16.9 Å². The highest BCUT2D eigenvalue weighted by Crippen LogP contribution is 2.27. The molecule has 3 amide bonds. The van der Waals surface area contributed by atoms with Crippen molar-refractivity contribution in [3.63, 3.8) is 0 Å². The Morgan fingerprint density at radius 2 is 1.81 bits per heavy atom. The molecule has 0 radical (unpaired) electrons. The largest absolute Gasteiger partial charge is 0.370 e. The van der Waals surface area contributed by atoms with Crippen molar-refractivity contribution in [2.75, 3.05) is 11.1 Å². The molecule has 0 aliphatic carbocycles. The zero-order valence-electron chi connectivity index (χ0n) is 15.1. The number of amides is 3. The van der Waals surface area contributed by atoms with E-state index in [1.807, 2.05) is 43.3 Å². The fourth-order valence-corrected chi connectivity index (χ4v) is 3.41. The zero-order valence-corrected chi connectivity index (χ0v) is 15.9. The Balaban J connectivity index is 1.95. The molecule has 2 rings (SSSR count). The van der Waals surface area contributed by atoms with Crippen LogP contribution in [0.2, 0.25) is 0 Å². The summed E-state index contributed by atoms with van der Waals surface area (Å²) in [7, 11) is 0. The third kappa shape index (κ3) is 6.11. The summed E-state index contributed by atoms with van der Waals surface area (Å²) in [5, 5.41) is 5.84. The van der Waals surface area contributed by atoms with E-state index in [2.05, 4.69) is 29.7 Å². The SMILES string of the molecule is CCc1ccc(C(C)NC(=O)Nc2ccccc2SCCC(N)=O)cc1. The Morgan fingerprint density at radius 1 is 1.12 bits per heavy atom. The van der Waals surface area contributed by atoms with Gasteiger partial charge in [-0.05, 0) is 36.6 Å². The van der Waals surface area contributed by atoms with E-state index in [9.17, 15) is 9.59 Å². The molecule has 0 aliphatic rings. The number of benzene rings is 2. The predicted octanol–water partition coefficient (Wildman–Crippen LogP) is 4.10. The minimum Gasteiger partial charge on any atom is -0.370 e. The lowest BCUT2D eigenvalue weighted by Gasteiger charge is -2.16. The molecule has 1 unspecified atom stereocenters. The van der Waals surface area contributed by atoms with E-state index in [0.29, 0.717) is 17.9 Å². The molecular weight excluding hydrogens is 346 g/mol. The summed E-state index contributed by atoms with van der Waals surface area (Å²) < 4.78 is 0. The molecule has 4 N–H and O–H groups in total. The lowest BCUT2D eigenvalue weighted by molar-refractivity contribution is -0.117. The quantitative estimate of drug-likeness (QED) is 0.611. The molecule has 0 bridgehead atoms. The first-order valence-corrected chi connectivity index (χ1v) is 9.64. The first-order valence-electron chi connectivity index (χ1n) is 8.66. The van der Waals surface area contributed by atoms with Gasteiger partial charge in [-0.3, -0.25) is 4.79 Å². The molecule has 0 aromatic heterocycles. The Kier molecular flexibility index (Phi) is 7.53. The van der Waals surface area contributed by atoms with E-state index in [1.165, 1.54) is 17.3 Å². The molecule has 2 aromatic rings. The van der Waals surface area contributed by atoms with Crippen molar-refractivity contribution < 1.29 is 9.59 Å². The Bertz CT molecular complexity index is 747. The second kappa shape index (κ2) is 9.87. The van der Waals surface area contributed by atoms with Crippen LogP contribution in [0.1, 0.15) is 37.4 Å². The summed E-state index contributed by atoms with van der Waals surface area (Å²) >= 11 is 1.49. The third-order valence-corrected chi connectivity index (χ3v) is 5.05. The number of primary amides is 1. The van der Waals surface area contributed by atoms with Gasteiger partial charge in [0.25, 0.3) is 0 Å². The number of hydrogen-bond donors (Lipinski definition) is 3. The van der Waals surface area contributed by atoms with E-state index in [4.69, 9.17) is 5.73 Å². The lowest BCUT2D eigenvalue weighted by Crippen LogP contribution is -2.31. The number of anilines is 1. The maximum atomic E-state index is 12.3. The number of para-hydroxylation sites is 1. The van der Waals surface area contributed by atoms with E-state index >= 15 is 0 Å². The molecule has 5 nitrogen and oxygen atoms in total. The summed E-state index contributed by atoms with van der Waals surface area (Å²) in [6.45, 7) is 4.07. The predicted molar refractivity (Wildman–Crippen MR) is 107 cm³/mol. The molecule has 26 heavy (non-hydrogen) atoms. The van der Waals surface area contributed by atoms with Gasteiger partial charge in [-0.2, -0.15) is 0 Å². The van der Waals surface area contributed by atoms with Crippen LogP contribution >= 0.6 is 11.8 Å². The van der Waals surface area contributed by atoms with E-state index in [-0.39, 0.29) is 18.0 Å². The number of carbonyl (C=O) groups is 2. The molecule has 138 valence electrons. The Labute approximate surface area is 158 Å². The number of rotatable bonds is 8. The number of urea groups is 1. The smallest absolute Gasteiger partial charge is 0.319 e. The average molecular weight is 372 g/mol. The standard InChI is InChI=1S/C20H25N3O2S/c1-3-15-8-10-16(11-9-15)14(2)22-20(25)23-17-6-4-5-7-18(17)26-13-12-19(21)24/h4-11,14H,3,12-13H2,1-2H3,(H2,21,24)(H2,22,23,25). The minimum atomic E-state index is -0.330. The molecular formula is C20H25N3O2S. The van der Waals surface area contributed by atoms with Gasteiger partial charge in [0.2, 0.25) is 5.91 Å². The van der Waals surface area contributed by atoms with Crippen molar-refractivity contribution in [1.82, 2.24) is 5.32 Å². The summed E-state index contributed by atoms with van der Waals surface area (Å²) in [5.41, 5.74) is 8.21. The van der Waals surface area contributed by atoms with Crippen LogP contribution in [0.3, 0.4) is 0 Å².